The number of amides is 3. The standard InChI is InChI=1S/C14H17N5O2S/c1-8-4-6-10(7-5-8)11-17-18-14(19(11)3)22-9(2)12(20)16-13(15)21/h4-7,9H,1-3H3,(H3,15,16,20,21). The maximum atomic E-state index is 11.7. The van der Waals surface area contributed by atoms with Crippen LogP contribution in [0.5, 0.6) is 0 Å². The molecule has 0 aliphatic carbocycles. The van der Waals surface area contributed by atoms with Crippen molar-refractivity contribution in [2.45, 2.75) is 24.3 Å². The lowest BCUT2D eigenvalue weighted by molar-refractivity contribution is -0.119. The van der Waals surface area contributed by atoms with E-state index in [4.69, 9.17) is 5.73 Å². The van der Waals surface area contributed by atoms with E-state index in [2.05, 4.69) is 10.2 Å². The first kappa shape index (κ1) is 16.0. The minimum atomic E-state index is -0.865. The lowest BCUT2D eigenvalue weighted by Gasteiger charge is -2.09. The van der Waals surface area contributed by atoms with Crippen molar-refractivity contribution in [2.75, 3.05) is 0 Å². The van der Waals surface area contributed by atoms with E-state index in [9.17, 15) is 9.59 Å². The highest BCUT2D eigenvalue weighted by molar-refractivity contribution is 8.00. The highest BCUT2D eigenvalue weighted by atomic mass is 32.2. The molecule has 116 valence electrons. The predicted molar refractivity (Wildman–Crippen MR) is 84.2 cm³/mol. The Morgan fingerprint density at radius 3 is 2.50 bits per heavy atom. The molecule has 0 aliphatic rings. The molecule has 3 amide bonds. The van der Waals surface area contributed by atoms with Crippen molar-refractivity contribution in [3.63, 3.8) is 0 Å². The number of benzene rings is 1. The third-order valence-electron chi connectivity index (χ3n) is 3.04. The first-order valence-corrected chi connectivity index (χ1v) is 7.50. The van der Waals surface area contributed by atoms with Crippen molar-refractivity contribution < 1.29 is 9.59 Å². The van der Waals surface area contributed by atoms with Gasteiger partial charge in [0.1, 0.15) is 0 Å². The van der Waals surface area contributed by atoms with Crippen LogP contribution in [-0.2, 0) is 11.8 Å². The fourth-order valence-corrected chi connectivity index (χ4v) is 2.62. The molecule has 1 aromatic carbocycles. The quantitative estimate of drug-likeness (QED) is 0.831. The number of aromatic nitrogens is 3. The first-order valence-electron chi connectivity index (χ1n) is 6.62. The summed E-state index contributed by atoms with van der Waals surface area (Å²) in [6.45, 7) is 3.68. The van der Waals surface area contributed by atoms with E-state index in [0.29, 0.717) is 11.0 Å². The fourth-order valence-electron chi connectivity index (χ4n) is 1.81. The molecular weight excluding hydrogens is 302 g/mol. The van der Waals surface area contributed by atoms with Crippen LogP contribution < -0.4 is 11.1 Å². The average molecular weight is 319 g/mol. The van der Waals surface area contributed by atoms with Gasteiger partial charge in [-0.1, -0.05) is 41.6 Å². The predicted octanol–water partition coefficient (Wildman–Crippen LogP) is 1.47. The van der Waals surface area contributed by atoms with E-state index in [1.54, 1.807) is 6.92 Å². The summed E-state index contributed by atoms with van der Waals surface area (Å²) in [6, 6.07) is 7.07. The Morgan fingerprint density at radius 1 is 1.27 bits per heavy atom. The summed E-state index contributed by atoms with van der Waals surface area (Å²) in [5.41, 5.74) is 7.04. The molecule has 22 heavy (non-hydrogen) atoms. The van der Waals surface area contributed by atoms with Crippen molar-refractivity contribution in [1.82, 2.24) is 20.1 Å². The molecule has 0 fully saturated rings. The van der Waals surface area contributed by atoms with Gasteiger partial charge in [0.25, 0.3) is 0 Å². The SMILES string of the molecule is Cc1ccc(-c2nnc(SC(C)C(=O)NC(N)=O)n2C)cc1. The number of nitrogens with two attached hydrogens (primary N) is 1. The smallest absolute Gasteiger partial charge is 0.318 e. The van der Waals surface area contributed by atoms with Crippen molar-refractivity contribution in [3.05, 3.63) is 29.8 Å². The molecule has 0 saturated heterocycles. The van der Waals surface area contributed by atoms with Crippen molar-refractivity contribution in [1.29, 1.82) is 0 Å². The minimum absolute atomic E-state index is 0.461. The van der Waals surface area contributed by atoms with Crippen LogP contribution >= 0.6 is 11.8 Å². The third kappa shape index (κ3) is 3.64. The van der Waals surface area contributed by atoms with Crippen LogP contribution in [0.4, 0.5) is 4.79 Å². The van der Waals surface area contributed by atoms with Gasteiger partial charge in [-0.2, -0.15) is 0 Å². The summed E-state index contributed by atoms with van der Waals surface area (Å²) < 4.78 is 1.81. The van der Waals surface area contributed by atoms with Gasteiger partial charge in [-0.15, -0.1) is 10.2 Å². The lowest BCUT2D eigenvalue weighted by atomic mass is 10.1. The number of hydrogen-bond acceptors (Lipinski definition) is 5. The van der Waals surface area contributed by atoms with Crippen LogP contribution in [0.2, 0.25) is 0 Å². The lowest BCUT2D eigenvalue weighted by Crippen LogP contribution is -2.39. The Morgan fingerprint density at radius 2 is 1.91 bits per heavy atom. The molecule has 0 spiro atoms. The number of carbonyl (C=O) groups is 2. The number of primary amides is 1. The largest absolute Gasteiger partial charge is 0.351 e. The van der Waals surface area contributed by atoms with Gasteiger partial charge < -0.3 is 10.3 Å². The summed E-state index contributed by atoms with van der Waals surface area (Å²) in [6.07, 6.45) is 0. The summed E-state index contributed by atoms with van der Waals surface area (Å²) in [5, 5.41) is 10.4. The molecular formula is C14H17N5O2S. The van der Waals surface area contributed by atoms with Gasteiger partial charge in [0, 0.05) is 12.6 Å². The highest BCUT2D eigenvalue weighted by Gasteiger charge is 2.20. The maximum absolute atomic E-state index is 11.7. The van der Waals surface area contributed by atoms with E-state index in [-0.39, 0.29) is 0 Å². The van der Waals surface area contributed by atoms with Gasteiger partial charge >= 0.3 is 6.03 Å². The fraction of sp³-hybridized carbons (Fsp3) is 0.286. The molecule has 0 bridgehead atoms. The summed E-state index contributed by atoms with van der Waals surface area (Å²) in [7, 11) is 1.83. The second-order valence-corrected chi connectivity index (χ2v) is 6.15. The van der Waals surface area contributed by atoms with E-state index in [1.807, 2.05) is 48.1 Å². The van der Waals surface area contributed by atoms with Crippen LogP contribution in [0, 0.1) is 6.92 Å². The van der Waals surface area contributed by atoms with Gasteiger partial charge in [-0.25, -0.2) is 4.79 Å². The molecule has 7 nitrogen and oxygen atoms in total. The van der Waals surface area contributed by atoms with E-state index in [0.717, 1.165) is 11.1 Å². The number of rotatable bonds is 4. The summed E-state index contributed by atoms with van der Waals surface area (Å²) >= 11 is 1.21. The van der Waals surface area contributed by atoms with Crippen LogP contribution in [0.1, 0.15) is 12.5 Å². The Bertz CT molecular complexity index is 696. The van der Waals surface area contributed by atoms with Crippen molar-refractivity contribution >= 4 is 23.7 Å². The summed E-state index contributed by atoms with van der Waals surface area (Å²) in [5.74, 6) is 0.252. The van der Waals surface area contributed by atoms with E-state index < -0.39 is 17.2 Å². The third-order valence-corrected chi connectivity index (χ3v) is 4.18. The number of imide groups is 1. The Hall–Kier alpha value is -2.35. The highest BCUT2D eigenvalue weighted by Crippen LogP contribution is 2.25. The normalized spacial score (nSPS) is 12.0. The molecule has 1 atom stereocenters. The van der Waals surface area contributed by atoms with Gasteiger partial charge in [0.2, 0.25) is 5.91 Å². The Balaban J connectivity index is 2.16. The molecule has 2 rings (SSSR count). The van der Waals surface area contributed by atoms with Crippen LogP contribution in [0.15, 0.2) is 29.4 Å². The Labute approximate surface area is 132 Å². The van der Waals surface area contributed by atoms with Crippen LogP contribution in [-0.4, -0.2) is 32.0 Å². The van der Waals surface area contributed by atoms with E-state index >= 15 is 0 Å². The maximum Gasteiger partial charge on any atom is 0.318 e. The first-order chi connectivity index (χ1) is 10.4. The van der Waals surface area contributed by atoms with Crippen molar-refractivity contribution in [3.8, 4) is 11.4 Å². The number of carbonyl (C=O) groups excluding carboxylic acids is 2. The second-order valence-electron chi connectivity index (χ2n) is 4.84. The molecule has 1 aromatic heterocycles. The molecule has 0 aliphatic heterocycles. The molecule has 1 heterocycles. The number of nitrogens with one attached hydrogen (secondary N) is 1. The monoisotopic (exact) mass is 319 g/mol. The molecule has 3 N–H and O–H groups in total. The average Bonchev–Trinajstić information content (AvgIpc) is 2.80. The zero-order valence-electron chi connectivity index (χ0n) is 12.5. The van der Waals surface area contributed by atoms with Gasteiger partial charge in [-0.3, -0.25) is 10.1 Å². The number of nitrogens with zero attached hydrogens (tertiary/aromatic N) is 3. The van der Waals surface area contributed by atoms with Crippen LogP contribution in [0.3, 0.4) is 0 Å². The van der Waals surface area contributed by atoms with E-state index in [1.165, 1.54) is 11.8 Å². The van der Waals surface area contributed by atoms with Crippen molar-refractivity contribution in [2.24, 2.45) is 12.8 Å². The topological polar surface area (TPSA) is 103 Å². The molecule has 8 heteroatoms. The zero-order chi connectivity index (χ0) is 16.3. The molecule has 0 radical (unpaired) electrons. The molecule has 2 aromatic rings. The van der Waals surface area contributed by atoms with Gasteiger partial charge in [0.15, 0.2) is 11.0 Å². The second kappa shape index (κ2) is 6.61. The van der Waals surface area contributed by atoms with Crippen LogP contribution in [0.25, 0.3) is 11.4 Å². The number of hydrogen-bond donors (Lipinski definition) is 2. The Kier molecular flexibility index (Phi) is 4.81. The molecule has 0 saturated carbocycles. The number of urea groups is 1. The minimum Gasteiger partial charge on any atom is -0.351 e. The zero-order valence-corrected chi connectivity index (χ0v) is 13.3. The van der Waals surface area contributed by atoms with Gasteiger partial charge in [-0.05, 0) is 13.8 Å². The number of aryl methyl sites for hydroxylation is 1. The van der Waals surface area contributed by atoms with Gasteiger partial charge in [0.05, 0.1) is 5.25 Å². The summed E-state index contributed by atoms with van der Waals surface area (Å²) in [4.78, 5) is 22.4. The number of thioether (sulfide) groups is 1. The molecule has 1 unspecified atom stereocenters.